The normalized spacial score (nSPS) is 10.7. The van der Waals surface area contributed by atoms with Crippen LogP contribution in [0, 0.1) is 13.8 Å². The van der Waals surface area contributed by atoms with E-state index in [2.05, 4.69) is 97.0 Å². The van der Waals surface area contributed by atoms with Crippen LogP contribution in [0.3, 0.4) is 0 Å². The Balaban J connectivity index is 1.85. The fraction of sp³-hybridized carbons (Fsp3) is 0.167. The molecular formula is C24H23Br. The van der Waals surface area contributed by atoms with Gasteiger partial charge in [-0.2, -0.15) is 0 Å². The smallest absolute Gasteiger partial charge is 0.0213 e. The lowest BCUT2D eigenvalue weighted by Crippen LogP contribution is -1.98. The van der Waals surface area contributed by atoms with E-state index in [4.69, 9.17) is 0 Å². The first-order valence-electron chi connectivity index (χ1n) is 8.65. The molecule has 3 aromatic carbocycles. The SMILES string of the molecule is C=Cc1cc(Br)c(CCc2cccc(-c3ccccc3)c2C)cc1C. The molecule has 0 amide bonds. The van der Waals surface area contributed by atoms with Gasteiger partial charge in [-0.15, -0.1) is 0 Å². The summed E-state index contributed by atoms with van der Waals surface area (Å²) in [4.78, 5) is 0. The predicted octanol–water partition coefficient (Wildman–Crippen LogP) is 7.16. The van der Waals surface area contributed by atoms with Crippen molar-refractivity contribution in [3.8, 4) is 11.1 Å². The Morgan fingerprint density at radius 2 is 1.60 bits per heavy atom. The Morgan fingerprint density at radius 1 is 0.880 bits per heavy atom. The Hall–Kier alpha value is -2.12. The van der Waals surface area contributed by atoms with Crippen LogP contribution in [-0.2, 0) is 12.8 Å². The van der Waals surface area contributed by atoms with Crippen molar-refractivity contribution in [2.75, 3.05) is 0 Å². The Labute approximate surface area is 159 Å². The largest absolute Gasteiger partial charge is 0.0985 e. The van der Waals surface area contributed by atoms with Crippen molar-refractivity contribution in [1.29, 1.82) is 0 Å². The summed E-state index contributed by atoms with van der Waals surface area (Å²) in [6, 6.07) is 21.7. The lowest BCUT2D eigenvalue weighted by molar-refractivity contribution is 0.942. The summed E-state index contributed by atoms with van der Waals surface area (Å²) in [7, 11) is 0. The average molecular weight is 391 g/mol. The van der Waals surface area contributed by atoms with E-state index >= 15 is 0 Å². The standard InChI is InChI=1S/C24H23Br/c1-4-19-16-24(25)22(15-17(19)2)14-13-20-11-8-12-23(18(20)3)21-9-6-5-7-10-21/h4-12,15-16H,1,13-14H2,2-3H3. The predicted molar refractivity (Wildman–Crippen MR) is 113 cm³/mol. The van der Waals surface area contributed by atoms with Crippen LogP contribution in [0.1, 0.15) is 27.8 Å². The number of aryl methyl sites for hydroxylation is 3. The van der Waals surface area contributed by atoms with Gasteiger partial charge in [0.1, 0.15) is 0 Å². The van der Waals surface area contributed by atoms with Gasteiger partial charge in [-0.25, -0.2) is 0 Å². The number of hydrogen-bond donors (Lipinski definition) is 0. The minimum atomic E-state index is 1.03. The van der Waals surface area contributed by atoms with Crippen LogP contribution in [-0.4, -0.2) is 0 Å². The van der Waals surface area contributed by atoms with Crippen molar-refractivity contribution in [2.24, 2.45) is 0 Å². The summed E-state index contributed by atoms with van der Waals surface area (Å²) in [5.41, 5.74) is 9.24. The van der Waals surface area contributed by atoms with Crippen molar-refractivity contribution < 1.29 is 0 Å². The van der Waals surface area contributed by atoms with E-state index in [9.17, 15) is 0 Å². The van der Waals surface area contributed by atoms with Crippen LogP contribution in [0.4, 0.5) is 0 Å². The van der Waals surface area contributed by atoms with E-state index in [1.807, 2.05) is 6.08 Å². The van der Waals surface area contributed by atoms with Crippen LogP contribution >= 0.6 is 15.9 Å². The van der Waals surface area contributed by atoms with E-state index in [1.54, 1.807) is 0 Å². The van der Waals surface area contributed by atoms with Crippen molar-refractivity contribution >= 4 is 22.0 Å². The molecule has 0 aliphatic rings. The second-order valence-corrected chi connectivity index (χ2v) is 7.31. The third-order valence-corrected chi connectivity index (χ3v) is 5.59. The molecule has 0 bridgehead atoms. The van der Waals surface area contributed by atoms with Crippen molar-refractivity contribution in [1.82, 2.24) is 0 Å². The molecule has 0 saturated carbocycles. The van der Waals surface area contributed by atoms with E-state index in [0.717, 1.165) is 12.8 Å². The highest BCUT2D eigenvalue weighted by Gasteiger charge is 2.08. The van der Waals surface area contributed by atoms with Gasteiger partial charge in [-0.1, -0.05) is 83.2 Å². The molecule has 0 saturated heterocycles. The Bertz CT molecular complexity index is 891. The van der Waals surface area contributed by atoms with Crippen molar-refractivity contribution in [2.45, 2.75) is 26.7 Å². The van der Waals surface area contributed by atoms with Gasteiger partial charge < -0.3 is 0 Å². The molecule has 0 spiro atoms. The first kappa shape index (κ1) is 17.7. The molecule has 0 radical (unpaired) electrons. The summed E-state index contributed by atoms with van der Waals surface area (Å²) < 4.78 is 1.17. The topological polar surface area (TPSA) is 0 Å². The molecular weight excluding hydrogens is 368 g/mol. The number of benzene rings is 3. The molecule has 0 aliphatic carbocycles. The quantitative estimate of drug-likeness (QED) is 0.433. The Morgan fingerprint density at radius 3 is 2.32 bits per heavy atom. The minimum Gasteiger partial charge on any atom is -0.0985 e. The molecule has 25 heavy (non-hydrogen) atoms. The first-order chi connectivity index (χ1) is 12.1. The van der Waals surface area contributed by atoms with Crippen LogP contribution < -0.4 is 0 Å². The second kappa shape index (κ2) is 7.84. The molecule has 0 N–H and O–H groups in total. The van der Waals surface area contributed by atoms with Gasteiger partial charge in [0.05, 0.1) is 0 Å². The van der Waals surface area contributed by atoms with Crippen molar-refractivity contribution in [3.05, 3.63) is 99.5 Å². The van der Waals surface area contributed by atoms with Crippen LogP contribution in [0.5, 0.6) is 0 Å². The summed E-state index contributed by atoms with van der Waals surface area (Å²) in [6.45, 7) is 8.27. The van der Waals surface area contributed by atoms with Gasteiger partial charge >= 0.3 is 0 Å². The maximum atomic E-state index is 3.89. The van der Waals surface area contributed by atoms with Gasteiger partial charge in [0.25, 0.3) is 0 Å². The molecule has 126 valence electrons. The third kappa shape index (κ3) is 3.93. The molecule has 3 aromatic rings. The molecule has 1 heteroatoms. The zero-order valence-corrected chi connectivity index (χ0v) is 16.4. The summed E-state index contributed by atoms with van der Waals surface area (Å²) in [6.07, 6.45) is 3.98. The third-order valence-electron chi connectivity index (χ3n) is 4.85. The van der Waals surface area contributed by atoms with Gasteiger partial charge in [0.15, 0.2) is 0 Å². The molecule has 0 nitrogen and oxygen atoms in total. The van der Waals surface area contributed by atoms with E-state index in [-0.39, 0.29) is 0 Å². The van der Waals surface area contributed by atoms with Gasteiger partial charge in [0.2, 0.25) is 0 Å². The molecule has 0 aromatic heterocycles. The maximum absolute atomic E-state index is 3.89. The molecule has 0 heterocycles. The fourth-order valence-electron chi connectivity index (χ4n) is 3.32. The van der Waals surface area contributed by atoms with Crippen LogP contribution in [0.2, 0.25) is 0 Å². The fourth-order valence-corrected chi connectivity index (χ4v) is 3.88. The zero-order valence-electron chi connectivity index (χ0n) is 14.9. The van der Waals surface area contributed by atoms with Crippen LogP contribution in [0.15, 0.2) is 71.7 Å². The second-order valence-electron chi connectivity index (χ2n) is 6.46. The minimum absolute atomic E-state index is 1.03. The molecule has 3 rings (SSSR count). The summed E-state index contributed by atoms with van der Waals surface area (Å²) in [5, 5.41) is 0. The van der Waals surface area contributed by atoms with Crippen LogP contribution in [0.25, 0.3) is 17.2 Å². The monoisotopic (exact) mass is 390 g/mol. The lowest BCUT2D eigenvalue weighted by Gasteiger charge is -2.13. The molecule has 0 fully saturated rings. The van der Waals surface area contributed by atoms with E-state index < -0.39 is 0 Å². The maximum Gasteiger partial charge on any atom is 0.0213 e. The number of halogens is 1. The molecule has 0 unspecified atom stereocenters. The van der Waals surface area contributed by atoms with Gasteiger partial charge in [-0.05, 0) is 71.7 Å². The molecule has 0 aliphatic heterocycles. The first-order valence-corrected chi connectivity index (χ1v) is 9.45. The van der Waals surface area contributed by atoms with Gasteiger partial charge in [-0.3, -0.25) is 0 Å². The lowest BCUT2D eigenvalue weighted by atomic mass is 9.93. The Kier molecular flexibility index (Phi) is 5.55. The summed E-state index contributed by atoms with van der Waals surface area (Å²) in [5.74, 6) is 0. The van der Waals surface area contributed by atoms with Gasteiger partial charge in [0, 0.05) is 4.47 Å². The zero-order chi connectivity index (χ0) is 17.8. The molecule has 0 atom stereocenters. The highest BCUT2D eigenvalue weighted by molar-refractivity contribution is 9.10. The van der Waals surface area contributed by atoms with E-state index in [0.29, 0.717) is 0 Å². The average Bonchev–Trinajstić information content (AvgIpc) is 2.63. The van der Waals surface area contributed by atoms with Crippen molar-refractivity contribution in [3.63, 3.8) is 0 Å². The highest BCUT2D eigenvalue weighted by Crippen LogP contribution is 2.28. The summed E-state index contributed by atoms with van der Waals surface area (Å²) >= 11 is 3.72. The van der Waals surface area contributed by atoms with E-state index in [1.165, 1.54) is 43.4 Å². The number of rotatable bonds is 5. The highest BCUT2D eigenvalue weighted by atomic mass is 79.9. The number of hydrogen-bond acceptors (Lipinski definition) is 0.